The molecule has 0 aromatic heterocycles. The first-order chi connectivity index (χ1) is 5.18. The molecule has 2 fully saturated rings. The molecule has 2 rings (SSSR count). The second-order valence-corrected chi connectivity index (χ2v) is 3.77. The Morgan fingerprint density at radius 2 is 2.00 bits per heavy atom. The molecule has 0 amide bonds. The van der Waals surface area contributed by atoms with Gasteiger partial charge < -0.3 is 10.2 Å². The zero-order chi connectivity index (χ0) is 7.90. The largest absolute Gasteiger partial charge is 0.353 e. The lowest BCUT2D eigenvalue weighted by Gasteiger charge is -2.45. The summed E-state index contributed by atoms with van der Waals surface area (Å²) in [6.45, 7) is 1.73. The molecule has 12 heavy (non-hydrogen) atoms. The Labute approximate surface area is 78.8 Å². The highest BCUT2D eigenvalue weighted by molar-refractivity contribution is 5.85. The van der Waals surface area contributed by atoms with Crippen LogP contribution < -0.4 is 0 Å². The molecule has 2 saturated heterocycles. The van der Waals surface area contributed by atoms with Gasteiger partial charge in [-0.1, -0.05) is 0 Å². The summed E-state index contributed by atoms with van der Waals surface area (Å²) in [7, 11) is 0. The van der Waals surface area contributed by atoms with E-state index < -0.39 is 5.91 Å². The van der Waals surface area contributed by atoms with Crippen molar-refractivity contribution >= 4 is 12.4 Å². The van der Waals surface area contributed by atoms with Gasteiger partial charge in [0.2, 0.25) is 5.91 Å². The van der Waals surface area contributed by atoms with E-state index in [1.165, 1.54) is 6.42 Å². The van der Waals surface area contributed by atoms with Crippen LogP contribution in [0.15, 0.2) is 0 Å². The normalized spacial score (nSPS) is 38.5. The van der Waals surface area contributed by atoms with Gasteiger partial charge >= 0.3 is 0 Å². The van der Waals surface area contributed by atoms with Crippen molar-refractivity contribution in [3.05, 3.63) is 0 Å². The number of fused-ring (bicyclic) bond motifs is 2. The Bertz CT molecular complexity index is 163. The monoisotopic (exact) mass is 193 g/mol. The zero-order valence-electron chi connectivity index (χ0n) is 7.07. The molecule has 2 atom stereocenters. The minimum absolute atomic E-state index is 0. The molecule has 2 heterocycles. The van der Waals surface area contributed by atoms with Crippen LogP contribution in [0.1, 0.15) is 25.7 Å². The number of halogens is 1. The summed E-state index contributed by atoms with van der Waals surface area (Å²) in [6.07, 6.45) is 3.89. The molecule has 3 nitrogen and oxygen atoms in total. The molecule has 2 bridgehead atoms. The molecule has 0 radical (unpaired) electrons. The molecule has 0 saturated carbocycles. The standard InChI is InChI=1S/C8H15NO2.ClH/c10-8(11)4-3-7-2-1-5-9(8)6-7;/h7,10-11H,1-6H2;1H. The number of hydrogen-bond donors (Lipinski definition) is 2. The fourth-order valence-electron chi connectivity index (χ4n) is 2.18. The second kappa shape index (κ2) is 3.50. The lowest BCUT2D eigenvalue weighted by molar-refractivity contribution is -0.291. The van der Waals surface area contributed by atoms with E-state index in [2.05, 4.69) is 0 Å². The summed E-state index contributed by atoms with van der Waals surface area (Å²) in [5, 5.41) is 18.9. The summed E-state index contributed by atoms with van der Waals surface area (Å²) >= 11 is 0. The molecule has 0 spiro atoms. The van der Waals surface area contributed by atoms with Gasteiger partial charge in [0.1, 0.15) is 0 Å². The van der Waals surface area contributed by atoms with Gasteiger partial charge in [-0.3, -0.25) is 4.90 Å². The quantitative estimate of drug-likeness (QED) is 0.553. The molecular formula is C8H16ClNO2. The maximum atomic E-state index is 9.47. The van der Waals surface area contributed by atoms with Gasteiger partial charge in [0.25, 0.3) is 0 Å². The van der Waals surface area contributed by atoms with Gasteiger partial charge in [-0.05, 0) is 25.2 Å². The molecule has 0 aliphatic carbocycles. The first kappa shape index (κ1) is 10.3. The van der Waals surface area contributed by atoms with Crippen LogP contribution in [0, 0.1) is 5.92 Å². The summed E-state index contributed by atoms with van der Waals surface area (Å²) in [5.74, 6) is -0.770. The molecule has 2 unspecified atom stereocenters. The van der Waals surface area contributed by atoms with Crippen molar-refractivity contribution < 1.29 is 10.2 Å². The number of aliphatic hydroxyl groups is 2. The lowest BCUT2D eigenvalue weighted by Crippen LogP contribution is -2.56. The van der Waals surface area contributed by atoms with E-state index in [0.717, 1.165) is 31.8 Å². The van der Waals surface area contributed by atoms with Gasteiger partial charge in [-0.15, -0.1) is 12.4 Å². The molecule has 0 aromatic carbocycles. The molecule has 72 valence electrons. The van der Waals surface area contributed by atoms with Gasteiger partial charge in [0, 0.05) is 19.5 Å². The summed E-state index contributed by atoms with van der Waals surface area (Å²) in [4.78, 5) is 1.80. The van der Waals surface area contributed by atoms with E-state index in [1.807, 2.05) is 0 Å². The third-order valence-corrected chi connectivity index (χ3v) is 2.91. The predicted octanol–water partition coefficient (Wildman–Crippen LogP) is 0.552. The van der Waals surface area contributed by atoms with E-state index in [-0.39, 0.29) is 12.4 Å². The highest BCUT2D eigenvalue weighted by Crippen LogP contribution is 2.33. The van der Waals surface area contributed by atoms with Gasteiger partial charge in [-0.2, -0.15) is 0 Å². The molecule has 4 heteroatoms. The van der Waals surface area contributed by atoms with E-state index in [9.17, 15) is 10.2 Å². The average molecular weight is 194 g/mol. The molecular weight excluding hydrogens is 178 g/mol. The molecule has 2 N–H and O–H groups in total. The Morgan fingerprint density at radius 1 is 1.25 bits per heavy atom. The topological polar surface area (TPSA) is 43.7 Å². The highest BCUT2D eigenvalue weighted by atomic mass is 35.5. The first-order valence-electron chi connectivity index (χ1n) is 4.38. The number of rotatable bonds is 0. The molecule has 0 aromatic rings. The van der Waals surface area contributed by atoms with Crippen molar-refractivity contribution in [2.45, 2.75) is 31.6 Å². The Hall–Kier alpha value is 0.170. The summed E-state index contributed by atoms with van der Waals surface area (Å²) in [5.41, 5.74) is 0. The Kier molecular flexibility index (Phi) is 2.99. The molecule has 2 aliphatic heterocycles. The maximum absolute atomic E-state index is 9.47. The van der Waals surface area contributed by atoms with Gasteiger partial charge in [0.05, 0.1) is 0 Å². The zero-order valence-corrected chi connectivity index (χ0v) is 7.89. The van der Waals surface area contributed by atoms with Crippen molar-refractivity contribution in [3.63, 3.8) is 0 Å². The van der Waals surface area contributed by atoms with Crippen LogP contribution in [-0.4, -0.2) is 34.1 Å². The van der Waals surface area contributed by atoms with E-state index in [1.54, 1.807) is 4.90 Å². The fourth-order valence-corrected chi connectivity index (χ4v) is 2.18. The Balaban J connectivity index is 0.000000720. The third kappa shape index (κ3) is 1.74. The van der Waals surface area contributed by atoms with E-state index >= 15 is 0 Å². The number of nitrogens with zero attached hydrogens (tertiary/aromatic N) is 1. The van der Waals surface area contributed by atoms with Crippen LogP contribution >= 0.6 is 12.4 Å². The number of piperidine rings is 2. The molecule has 2 aliphatic rings. The van der Waals surface area contributed by atoms with Crippen LogP contribution in [-0.2, 0) is 0 Å². The van der Waals surface area contributed by atoms with Crippen LogP contribution in [0.2, 0.25) is 0 Å². The van der Waals surface area contributed by atoms with Crippen LogP contribution in [0.5, 0.6) is 0 Å². The first-order valence-corrected chi connectivity index (χ1v) is 4.38. The summed E-state index contributed by atoms with van der Waals surface area (Å²) in [6, 6.07) is 0. The van der Waals surface area contributed by atoms with Gasteiger partial charge in [0.15, 0.2) is 0 Å². The van der Waals surface area contributed by atoms with Crippen LogP contribution in [0.3, 0.4) is 0 Å². The average Bonchev–Trinajstić information content (AvgIpc) is 2.00. The van der Waals surface area contributed by atoms with Crippen molar-refractivity contribution in [3.8, 4) is 0 Å². The minimum Gasteiger partial charge on any atom is -0.353 e. The van der Waals surface area contributed by atoms with Crippen LogP contribution in [0.4, 0.5) is 0 Å². The van der Waals surface area contributed by atoms with Crippen molar-refractivity contribution in [1.82, 2.24) is 4.90 Å². The van der Waals surface area contributed by atoms with Gasteiger partial charge in [-0.25, -0.2) is 0 Å². The highest BCUT2D eigenvalue weighted by Gasteiger charge is 2.39. The smallest absolute Gasteiger partial charge is 0.224 e. The van der Waals surface area contributed by atoms with E-state index in [4.69, 9.17) is 0 Å². The van der Waals surface area contributed by atoms with Crippen molar-refractivity contribution in [2.75, 3.05) is 13.1 Å². The third-order valence-electron chi connectivity index (χ3n) is 2.91. The SMILES string of the molecule is Cl.OC1(O)CCC2CCCN1C2. The van der Waals surface area contributed by atoms with Crippen molar-refractivity contribution in [1.29, 1.82) is 0 Å². The minimum atomic E-state index is -1.49. The predicted molar refractivity (Wildman–Crippen MR) is 47.9 cm³/mol. The second-order valence-electron chi connectivity index (χ2n) is 3.77. The van der Waals surface area contributed by atoms with E-state index in [0.29, 0.717) is 6.42 Å². The lowest BCUT2D eigenvalue weighted by atomic mass is 9.88. The van der Waals surface area contributed by atoms with Crippen molar-refractivity contribution in [2.24, 2.45) is 5.92 Å². The number of hydrogen-bond acceptors (Lipinski definition) is 3. The Morgan fingerprint density at radius 3 is 2.67 bits per heavy atom. The summed E-state index contributed by atoms with van der Waals surface area (Å²) < 4.78 is 0. The van der Waals surface area contributed by atoms with Crippen LogP contribution in [0.25, 0.3) is 0 Å². The maximum Gasteiger partial charge on any atom is 0.224 e. The fraction of sp³-hybridized carbons (Fsp3) is 1.00.